The summed E-state index contributed by atoms with van der Waals surface area (Å²) < 4.78 is 0. The van der Waals surface area contributed by atoms with E-state index >= 15 is 0 Å². The van der Waals surface area contributed by atoms with Gasteiger partial charge in [-0.3, -0.25) is 4.79 Å². The first-order chi connectivity index (χ1) is 8.99. The SMILES string of the molecule is NC(=O)C(C[C@H](N)CCc1ccccc1)NC(=O)O. The summed E-state index contributed by atoms with van der Waals surface area (Å²) in [7, 11) is 0. The molecule has 0 saturated heterocycles. The van der Waals surface area contributed by atoms with Crippen LogP contribution in [0.4, 0.5) is 4.79 Å². The van der Waals surface area contributed by atoms with E-state index in [-0.39, 0.29) is 12.5 Å². The topological polar surface area (TPSA) is 118 Å². The minimum absolute atomic E-state index is 0.203. The molecule has 6 nitrogen and oxygen atoms in total. The lowest BCUT2D eigenvalue weighted by Gasteiger charge is -2.18. The van der Waals surface area contributed by atoms with Crippen molar-refractivity contribution in [2.45, 2.75) is 31.3 Å². The van der Waals surface area contributed by atoms with E-state index in [1.54, 1.807) is 0 Å². The third kappa shape index (κ3) is 5.87. The Labute approximate surface area is 111 Å². The second-order valence-corrected chi connectivity index (χ2v) is 4.42. The number of carboxylic acid groups (broad SMARTS) is 1. The molecule has 0 aliphatic rings. The first kappa shape index (κ1) is 15.0. The average molecular weight is 265 g/mol. The summed E-state index contributed by atoms with van der Waals surface area (Å²) in [6.45, 7) is 0. The summed E-state index contributed by atoms with van der Waals surface area (Å²) in [6, 6.07) is 8.58. The molecule has 0 aromatic heterocycles. The maximum atomic E-state index is 11.1. The molecular formula is C13H19N3O3. The molecule has 0 fully saturated rings. The molecule has 0 aliphatic carbocycles. The number of amides is 2. The molecule has 6 heteroatoms. The highest BCUT2D eigenvalue weighted by molar-refractivity contribution is 5.83. The van der Waals surface area contributed by atoms with Crippen molar-refractivity contribution < 1.29 is 14.7 Å². The van der Waals surface area contributed by atoms with E-state index in [9.17, 15) is 9.59 Å². The van der Waals surface area contributed by atoms with Crippen LogP contribution < -0.4 is 16.8 Å². The molecule has 19 heavy (non-hydrogen) atoms. The summed E-state index contributed by atoms with van der Waals surface area (Å²) in [5.74, 6) is -0.711. The summed E-state index contributed by atoms with van der Waals surface area (Å²) in [5, 5.41) is 10.7. The number of hydrogen-bond donors (Lipinski definition) is 4. The van der Waals surface area contributed by atoms with E-state index in [1.807, 2.05) is 30.3 Å². The number of rotatable bonds is 7. The highest BCUT2D eigenvalue weighted by Gasteiger charge is 2.20. The van der Waals surface area contributed by atoms with Crippen LogP contribution in [0.3, 0.4) is 0 Å². The highest BCUT2D eigenvalue weighted by atomic mass is 16.4. The molecule has 1 unspecified atom stereocenters. The Morgan fingerprint density at radius 1 is 1.26 bits per heavy atom. The molecule has 0 spiro atoms. The van der Waals surface area contributed by atoms with Crippen LogP contribution in [0.25, 0.3) is 0 Å². The second-order valence-electron chi connectivity index (χ2n) is 4.42. The van der Waals surface area contributed by atoms with Crippen molar-refractivity contribution in [1.29, 1.82) is 0 Å². The van der Waals surface area contributed by atoms with Gasteiger partial charge < -0.3 is 21.9 Å². The van der Waals surface area contributed by atoms with Gasteiger partial charge in [-0.15, -0.1) is 0 Å². The fourth-order valence-electron chi connectivity index (χ4n) is 1.81. The number of aryl methyl sites for hydroxylation is 1. The van der Waals surface area contributed by atoms with Crippen LogP contribution in [0.5, 0.6) is 0 Å². The number of nitrogens with two attached hydrogens (primary N) is 2. The number of benzene rings is 1. The summed E-state index contributed by atoms with van der Waals surface area (Å²) in [4.78, 5) is 21.6. The predicted octanol–water partition coefficient (Wildman–Crippen LogP) is 0.458. The van der Waals surface area contributed by atoms with Gasteiger partial charge in [0.25, 0.3) is 0 Å². The fourth-order valence-corrected chi connectivity index (χ4v) is 1.81. The highest BCUT2D eigenvalue weighted by Crippen LogP contribution is 2.07. The van der Waals surface area contributed by atoms with Crippen LogP contribution in [0.1, 0.15) is 18.4 Å². The van der Waals surface area contributed by atoms with Crippen LogP contribution in [0.2, 0.25) is 0 Å². The molecule has 0 saturated carbocycles. The van der Waals surface area contributed by atoms with Gasteiger partial charge in [0.15, 0.2) is 0 Å². The lowest BCUT2D eigenvalue weighted by atomic mass is 10.00. The Hall–Kier alpha value is -2.08. The third-order valence-corrected chi connectivity index (χ3v) is 2.83. The molecule has 0 radical (unpaired) electrons. The largest absolute Gasteiger partial charge is 0.465 e. The molecule has 2 amide bonds. The summed E-state index contributed by atoms with van der Waals surface area (Å²) >= 11 is 0. The second kappa shape index (κ2) is 7.38. The van der Waals surface area contributed by atoms with Gasteiger partial charge in [0, 0.05) is 6.04 Å². The van der Waals surface area contributed by atoms with Crippen molar-refractivity contribution in [2.24, 2.45) is 11.5 Å². The van der Waals surface area contributed by atoms with Crippen LogP contribution in [0, 0.1) is 0 Å². The van der Waals surface area contributed by atoms with Crippen LogP contribution in [-0.2, 0) is 11.2 Å². The smallest absolute Gasteiger partial charge is 0.405 e. The Kier molecular flexibility index (Phi) is 5.81. The Morgan fingerprint density at radius 3 is 2.42 bits per heavy atom. The van der Waals surface area contributed by atoms with Gasteiger partial charge in [0.05, 0.1) is 0 Å². The predicted molar refractivity (Wildman–Crippen MR) is 71.5 cm³/mol. The van der Waals surface area contributed by atoms with Crippen molar-refractivity contribution in [3.63, 3.8) is 0 Å². The maximum absolute atomic E-state index is 11.1. The zero-order valence-electron chi connectivity index (χ0n) is 10.6. The monoisotopic (exact) mass is 265 g/mol. The molecule has 1 aromatic carbocycles. The standard InChI is InChI=1S/C13H19N3O3/c14-10(7-6-9-4-2-1-3-5-9)8-11(12(15)17)16-13(18)19/h1-5,10-11,16H,6-8,14H2,(H2,15,17)(H,18,19)/t10-,11?/m1/s1. The van der Waals surface area contributed by atoms with Gasteiger partial charge in [-0.2, -0.15) is 0 Å². The molecule has 0 aliphatic heterocycles. The summed E-state index contributed by atoms with van der Waals surface area (Å²) in [6.07, 6.45) is 0.364. The van der Waals surface area contributed by atoms with Gasteiger partial charge in [-0.25, -0.2) is 4.79 Å². The van der Waals surface area contributed by atoms with Crippen molar-refractivity contribution >= 4 is 12.0 Å². The van der Waals surface area contributed by atoms with Crippen molar-refractivity contribution in [2.75, 3.05) is 0 Å². The zero-order valence-corrected chi connectivity index (χ0v) is 10.6. The summed E-state index contributed by atoms with van der Waals surface area (Å²) in [5.41, 5.74) is 12.2. The van der Waals surface area contributed by atoms with Crippen LogP contribution in [-0.4, -0.2) is 29.2 Å². The lowest BCUT2D eigenvalue weighted by Crippen LogP contribution is -2.47. The van der Waals surface area contributed by atoms with Gasteiger partial charge >= 0.3 is 6.09 Å². The van der Waals surface area contributed by atoms with Crippen molar-refractivity contribution in [1.82, 2.24) is 5.32 Å². The number of hydrogen-bond acceptors (Lipinski definition) is 3. The van der Waals surface area contributed by atoms with E-state index in [0.717, 1.165) is 12.0 Å². The van der Waals surface area contributed by atoms with Gasteiger partial charge in [0.2, 0.25) is 5.91 Å². The van der Waals surface area contributed by atoms with E-state index in [0.29, 0.717) is 6.42 Å². The lowest BCUT2D eigenvalue weighted by molar-refractivity contribution is -0.120. The quantitative estimate of drug-likeness (QED) is 0.572. The fraction of sp³-hybridized carbons (Fsp3) is 0.385. The van der Waals surface area contributed by atoms with Gasteiger partial charge in [0.1, 0.15) is 6.04 Å². The molecule has 104 valence electrons. The zero-order chi connectivity index (χ0) is 14.3. The average Bonchev–Trinajstić information content (AvgIpc) is 2.36. The molecule has 0 heterocycles. The molecule has 6 N–H and O–H groups in total. The van der Waals surface area contributed by atoms with E-state index in [4.69, 9.17) is 16.6 Å². The molecule has 1 rings (SSSR count). The Bertz CT molecular complexity index is 422. The van der Waals surface area contributed by atoms with Crippen LogP contribution in [0.15, 0.2) is 30.3 Å². The van der Waals surface area contributed by atoms with Gasteiger partial charge in [-0.05, 0) is 24.8 Å². The molecule has 0 bridgehead atoms. The van der Waals surface area contributed by atoms with E-state index in [2.05, 4.69) is 5.32 Å². The maximum Gasteiger partial charge on any atom is 0.405 e. The molecular weight excluding hydrogens is 246 g/mol. The Balaban J connectivity index is 2.42. The number of nitrogens with one attached hydrogen (secondary N) is 1. The van der Waals surface area contributed by atoms with Crippen molar-refractivity contribution in [3.8, 4) is 0 Å². The van der Waals surface area contributed by atoms with Gasteiger partial charge in [-0.1, -0.05) is 30.3 Å². The number of carbonyl (C=O) groups excluding carboxylic acids is 1. The van der Waals surface area contributed by atoms with Crippen LogP contribution >= 0.6 is 0 Å². The number of carbonyl (C=O) groups is 2. The number of primary amides is 1. The molecule has 2 atom stereocenters. The normalized spacial score (nSPS) is 13.5. The minimum atomic E-state index is -1.28. The minimum Gasteiger partial charge on any atom is -0.465 e. The van der Waals surface area contributed by atoms with E-state index < -0.39 is 18.0 Å². The van der Waals surface area contributed by atoms with Crippen molar-refractivity contribution in [3.05, 3.63) is 35.9 Å². The third-order valence-electron chi connectivity index (χ3n) is 2.83. The Morgan fingerprint density at radius 2 is 1.89 bits per heavy atom. The first-order valence-corrected chi connectivity index (χ1v) is 6.07. The molecule has 1 aromatic rings. The van der Waals surface area contributed by atoms with E-state index in [1.165, 1.54) is 0 Å². The first-order valence-electron chi connectivity index (χ1n) is 6.07.